The molecule has 1 aliphatic heterocycles. The van der Waals surface area contributed by atoms with E-state index in [1.165, 1.54) is 4.31 Å². The van der Waals surface area contributed by atoms with Gasteiger partial charge in [0.1, 0.15) is 16.7 Å². The van der Waals surface area contributed by atoms with Gasteiger partial charge in [0, 0.05) is 25.0 Å². The summed E-state index contributed by atoms with van der Waals surface area (Å²) in [6.45, 7) is 7.58. The number of nitrogens with zero attached hydrogens (tertiary/aromatic N) is 2. The van der Waals surface area contributed by atoms with Crippen molar-refractivity contribution in [3.63, 3.8) is 0 Å². The van der Waals surface area contributed by atoms with Crippen LogP contribution in [0.1, 0.15) is 38.3 Å². The molecule has 0 fully saturated rings. The molecule has 0 aromatic heterocycles. The van der Waals surface area contributed by atoms with Crippen LogP contribution in [-0.2, 0) is 10.0 Å². The van der Waals surface area contributed by atoms with Gasteiger partial charge in [0.2, 0.25) is 10.0 Å². The van der Waals surface area contributed by atoms with Crippen LogP contribution in [0.15, 0.2) is 53.4 Å². The Kier molecular flexibility index (Phi) is 8.70. The zero-order valence-electron chi connectivity index (χ0n) is 20.0. The Morgan fingerprint density at radius 3 is 2.55 bits per heavy atom. The third-order valence-electron chi connectivity index (χ3n) is 6.06. The molecule has 1 aliphatic rings. The molecule has 0 radical (unpaired) electrons. The molecule has 3 rings (SSSR count). The highest BCUT2D eigenvalue weighted by molar-refractivity contribution is 7.89. The lowest BCUT2D eigenvalue weighted by Crippen LogP contribution is -2.49. The molecule has 3 atom stereocenters. The van der Waals surface area contributed by atoms with Gasteiger partial charge in [-0.1, -0.05) is 62.4 Å². The quantitative estimate of drug-likeness (QED) is 0.589. The molecule has 0 amide bonds. The van der Waals surface area contributed by atoms with E-state index >= 15 is 0 Å². The maximum atomic E-state index is 13.6. The SMILES string of the molecule is CCCN(C)C[C@@H]1Oc2cc(/C=C/c3ccccc3)ccc2S(=O)(=O)N([C@@H](C)CO)C[C@@H]1C. The van der Waals surface area contributed by atoms with Crippen LogP contribution in [-0.4, -0.2) is 68.2 Å². The maximum absolute atomic E-state index is 13.6. The first-order valence-electron chi connectivity index (χ1n) is 11.6. The van der Waals surface area contributed by atoms with E-state index in [0.29, 0.717) is 18.8 Å². The predicted molar refractivity (Wildman–Crippen MR) is 134 cm³/mol. The fourth-order valence-electron chi connectivity index (χ4n) is 4.10. The fourth-order valence-corrected chi connectivity index (χ4v) is 5.93. The monoisotopic (exact) mass is 472 g/mol. The summed E-state index contributed by atoms with van der Waals surface area (Å²) in [6, 6.07) is 14.7. The normalized spacial score (nSPS) is 21.9. The van der Waals surface area contributed by atoms with Crippen LogP contribution in [0, 0.1) is 5.92 Å². The molecular weight excluding hydrogens is 436 g/mol. The molecule has 33 heavy (non-hydrogen) atoms. The van der Waals surface area contributed by atoms with Crippen LogP contribution >= 0.6 is 0 Å². The van der Waals surface area contributed by atoms with E-state index in [0.717, 1.165) is 24.1 Å². The number of rotatable bonds is 8. The highest BCUT2D eigenvalue weighted by Gasteiger charge is 2.37. The van der Waals surface area contributed by atoms with Crippen LogP contribution in [0.4, 0.5) is 0 Å². The number of ether oxygens (including phenoxy) is 1. The molecule has 0 spiro atoms. The molecule has 2 aromatic rings. The Balaban J connectivity index is 2.03. The molecule has 0 saturated carbocycles. The highest BCUT2D eigenvalue weighted by Crippen LogP contribution is 2.34. The van der Waals surface area contributed by atoms with E-state index in [1.807, 2.05) is 49.4 Å². The average Bonchev–Trinajstić information content (AvgIpc) is 2.80. The van der Waals surface area contributed by atoms with Crippen LogP contribution < -0.4 is 4.74 Å². The number of fused-ring (bicyclic) bond motifs is 1. The van der Waals surface area contributed by atoms with Gasteiger partial charge in [-0.3, -0.25) is 0 Å². The lowest BCUT2D eigenvalue weighted by molar-refractivity contribution is 0.0752. The molecule has 1 heterocycles. The highest BCUT2D eigenvalue weighted by atomic mass is 32.2. The number of sulfonamides is 1. The molecule has 0 bridgehead atoms. The molecule has 0 saturated heterocycles. The van der Waals surface area contributed by atoms with Gasteiger partial charge < -0.3 is 14.7 Å². The first kappa shape index (κ1) is 25.4. The van der Waals surface area contributed by atoms with Crippen molar-refractivity contribution in [2.45, 2.75) is 44.2 Å². The number of hydrogen-bond donors (Lipinski definition) is 1. The number of benzene rings is 2. The van der Waals surface area contributed by atoms with Crippen molar-refractivity contribution in [1.82, 2.24) is 9.21 Å². The Bertz CT molecular complexity index is 1040. The molecule has 7 heteroatoms. The molecule has 2 aromatic carbocycles. The molecular formula is C26H36N2O4S. The third kappa shape index (κ3) is 6.23. The summed E-state index contributed by atoms with van der Waals surface area (Å²) in [6.07, 6.45) is 4.80. The van der Waals surface area contributed by atoms with Gasteiger partial charge in [-0.15, -0.1) is 0 Å². The van der Waals surface area contributed by atoms with Crippen molar-refractivity contribution in [3.8, 4) is 5.75 Å². The van der Waals surface area contributed by atoms with E-state index < -0.39 is 16.1 Å². The van der Waals surface area contributed by atoms with Gasteiger partial charge in [-0.05, 0) is 50.2 Å². The Morgan fingerprint density at radius 1 is 1.18 bits per heavy atom. The van der Waals surface area contributed by atoms with Crippen molar-refractivity contribution >= 4 is 22.2 Å². The van der Waals surface area contributed by atoms with Gasteiger partial charge in [0.05, 0.1) is 6.61 Å². The lowest BCUT2D eigenvalue weighted by atomic mass is 10.0. The van der Waals surface area contributed by atoms with Crippen molar-refractivity contribution < 1.29 is 18.3 Å². The molecule has 1 N–H and O–H groups in total. The van der Waals surface area contributed by atoms with Gasteiger partial charge >= 0.3 is 0 Å². The second-order valence-electron chi connectivity index (χ2n) is 8.95. The van der Waals surface area contributed by atoms with Crippen molar-refractivity contribution in [2.75, 3.05) is 33.3 Å². The summed E-state index contributed by atoms with van der Waals surface area (Å²) < 4.78 is 34.9. The largest absolute Gasteiger partial charge is 0.487 e. The summed E-state index contributed by atoms with van der Waals surface area (Å²) in [7, 11) is -1.76. The number of likely N-dealkylation sites (N-methyl/N-ethyl adjacent to an activating group) is 1. The van der Waals surface area contributed by atoms with Gasteiger partial charge in [0.25, 0.3) is 0 Å². The second kappa shape index (κ2) is 11.3. The minimum absolute atomic E-state index is 0.0512. The van der Waals surface area contributed by atoms with E-state index in [1.54, 1.807) is 25.1 Å². The number of aliphatic hydroxyl groups is 1. The zero-order chi connectivity index (χ0) is 24.0. The van der Waals surface area contributed by atoms with Gasteiger partial charge in [0.15, 0.2) is 0 Å². The van der Waals surface area contributed by atoms with E-state index in [2.05, 4.69) is 18.9 Å². The predicted octanol–water partition coefficient (Wildman–Crippen LogP) is 3.97. The number of aliphatic hydroxyl groups excluding tert-OH is 1. The van der Waals surface area contributed by atoms with E-state index in [4.69, 9.17) is 4.74 Å². The molecule has 0 unspecified atom stereocenters. The topological polar surface area (TPSA) is 70.1 Å². The smallest absolute Gasteiger partial charge is 0.247 e. The lowest BCUT2D eigenvalue weighted by Gasteiger charge is -2.37. The standard InChI is InChI=1S/C26H36N2O4S/c1-5-15-27(4)18-25-20(2)17-28(21(3)19-29)33(30,31)26-14-13-23(16-24(26)32-25)12-11-22-9-7-6-8-10-22/h6-14,16,20-21,25,29H,5,15,17-19H2,1-4H3/b12-11+/t20-,21-,25-/m0/s1. The van der Waals surface area contributed by atoms with Crippen LogP contribution in [0.3, 0.4) is 0 Å². The first-order chi connectivity index (χ1) is 15.8. The maximum Gasteiger partial charge on any atom is 0.247 e. The molecule has 0 aliphatic carbocycles. The Morgan fingerprint density at radius 2 is 1.88 bits per heavy atom. The summed E-state index contributed by atoms with van der Waals surface area (Å²) >= 11 is 0. The third-order valence-corrected chi connectivity index (χ3v) is 8.08. The average molecular weight is 473 g/mol. The Labute approximate surface area is 198 Å². The second-order valence-corrected chi connectivity index (χ2v) is 10.8. The summed E-state index contributed by atoms with van der Waals surface area (Å²) in [4.78, 5) is 2.37. The van der Waals surface area contributed by atoms with Gasteiger partial charge in [-0.25, -0.2) is 8.42 Å². The summed E-state index contributed by atoms with van der Waals surface area (Å²) in [5.41, 5.74) is 1.93. The van der Waals surface area contributed by atoms with Gasteiger partial charge in [-0.2, -0.15) is 4.31 Å². The van der Waals surface area contributed by atoms with Crippen molar-refractivity contribution in [2.24, 2.45) is 5.92 Å². The van der Waals surface area contributed by atoms with Crippen LogP contribution in [0.25, 0.3) is 12.2 Å². The summed E-state index contributed by atoms with van der Waals surface area (Å²) in [5.74, 6) is 0.312. The van der Waals surface area contributed by atoms with Crippen molar-refractivity contribution in [1.29, 1.82) is 0 Å². The van der Waals surface area contributed by atoms with Crippen LogP contribution in [0.2, 0.25) is 0 Å². The van der Waals surface area contributed by atoms with Crippen molar-refractivity contribution in [3.05, 3.63) is 59.7 Å². The molecule has 6 nitrogen and oxygen atoms in total. The minimum Gasteiger partial charge on any atom is -0.487 e. The number of hydrogen-bond acceptors (Lipinski definition) is 5. The van der Waals surface area contributed by atoms with Crippen LogP contribution in [0.5, 0.6) is 5.75 Å². The first-order valence-corrected chi connectivity index (χ1v) is 13.0. The minimum atomic E-state index is -3.82. The zero-order valence-corrected chi connectivity index (χ0v) is 20.8. The Hall–Kier alpha value is -2.19. The van der Waals surface area contributed by atoms with E-state index in [9.17, 15) is 13.5 Å². The summed E-state index contributed by atoms with van der Waals surface area (Å²) in [5, 5.41) is 9.76. The van der Waals surface area contributed by atoms with E-state index in [-0.39, 0.29) is 23.5 Å². The molecule has 180 valence electrons. The fraction of sp³-hybridized carbons (Fsp3) is 0.462.